The lowest BCUT2D eigenvalue weighted by molar-refractivity contribution is -0.120. The molecule has 5 rings (SSSR count). The molecule has 0 unspecified atom stereocenters. The van der Waals surface area contributed by atoms with Crippen molar-refractivity contribution in [1.29, 1.82) is 0 Å². The van der Waals surface area contributed by atoms with Crippen molar-refractivity contribution in [3.63, 3.8) is 0 Å². The standard InChI is InChI=1S/C26H28N6O2S/c1-35-26-29-24(31-13-15-34-16-14-31)22-18-28-32(25(22)30-26)12-11-27-23(33)17-19-7-9-21(10-8-19)20-5-3-2-4-6-20/h2-10,18H,11-17H2,1H3,(H,27,33). The van der Waals surface area contributed by atoms with Crippen molar-refractivity contribution >= 4 is 34.5 Å². The van der Waals surface area contributed by atoms with Crippen LogP contribution in [0.2, 0.25) is 0 Å². The first-order valence-corrected chi connectivity index (χ1v) is 12.9. The molecule has 0 bridgehead atoms. The number of benzene rings is 2. The highest BCUT2D eigenvalue weighted by Gasteiger charge is 2.20. The van der Waals surface area contributed by atoms with Gasteiger partial charge in [0.2, 0.25) is 5.91 Å². The molecule has 4 aromatic rings. The van der Waals surface area contributed by atoms with Crippen LogP contribution in [0.25, 0.3) is 22.2 Å². The monoisotopic (exact) mass is 488 g/mol. The van der Waals surface area contributed by atoms with Gasteiger partial charge in [0.05, 0.1) is 37.8 Å². The second kappa shape index (κ2) is 10.9. The van der Waals surface area contributed by atoms with E-state index in [0.717, 1.165) is 41.1 Å². The Morgan fingerprint density at radius 1 is 1.03 bits per heavy atom. The first-order chi connectivity index (χ1) is 17.2. The van der Waals surface area contributed by atoms with Crippen molar-refractivity contribution in [3.05, 3.63) is 66.4 Å². The maximum atomic E-state index is 12.5. The van der Waals surface area contributed by atoms with Gasteiger partial charge in [-0.05, 0) is 22.9 Å². The van der Waals surface area contributed by atoms with Crippen LogP contribution in [0.3, 0.4) is 0 Å². The lowest BCUT2D eigenvalue weighted by Crippen LogP contribution is -2.37. The number of hydrogen-bond donors (Lipinski definition) is 1. The molecule has 2 aromatic carbocycles. The zero-order valence-electron chi connectivity index (χ0n) is 19.7. The fourth-order valence-corrected chi connectivity index (χ4v) is 4.54. The Balaban J connectivity index is 1.21. The fourth-order valence-electron chi connectivity index (χ4n) is 4.19. The summed E-state index contributed by atoms with van der Waals surface area (Å²) < 4.78 is 7.33. The molecule has 1 saturated heterocycles. The number of hydrogen-bond acceptors (Lipinski definition) is 7. The first kappa shape index (κ1) is 23.3. The third-order valence-electron chi connectivity index (χ3n) is 6.02. The van der Waals surface area contributed by atoms with E-state index in [2.05, 4.69) is 44.6 Å². The molecular weight excluding hydrogens is 460 g/mol. The lowest BCUT2D eigenvalue weighted by atomic mass is 10.0. The van der Waals surface area contributed by atoms with Crippen LogP contribution in [0.1, 0.15) is 5.56 Å². The van der Waals surface area contributed by atoms with Crippen LogP contribution in [0.5, 0.6) is 0 Å². The van der Waals surface area contributed by atoms with E-state index in [1.54, 1.807) is 0 Å². The number of carbonyl (C=O) groups excluding carboxylic acids is 1. The summed E-state index contributed by atoms with van der Waals surface area (Å²) in [5, 5.41) is 9.19. The van der Waals surface area contributed by atoms with Crippen LogP contribution in [0, 0.1) is 0 Å². The molecule has 1 aliphatic rings. The van der Waals surface area contributed by atoms with E-state index >= 15 is 0 Å². The third-order valence-corrected chi connectivity index (χ3v) is 6.57. The number of anilines is 1. The van der Waals surface area contributed by atoms with Gasteiger partial charge in [0, 0.05) is 19.6 Å². The summed E-state index contributed by atoms with van der Waals surface area (Å²) in [5.74, 6) is 0.888. The predicted molar refractivity (Wildman–Crippen MR) is 139 cm³/mol. The minimum atomic E-state index is -0.0117. The van der Waals surface area contributed by atoms with Crippen LogP contribution >= 0.6 is 11.8 Å². The minimum Gasteiger partial charge on any atom is -0.378 e. The number of fused-ring (bicyclic) bond motifs is 1. The van der Waals surface area contributed by atoms with Crippen LogP contribution in [-0.4, -0.2) is 64.8 Å². The number of rotatable bonds is 8. The zero-order valence-corrected chi connectivity index (χ0v) is 20.5. The molecule has 0 atom stereocenters. The molecule has 0 aliphatic carbocycles. The number of nitrogens with one attached hydrogen (secondary N) is 1. The maximum absolute atomic E-state index is 12.5. The SMILES string of the molecule is CSc1nc(N2CCOCC2)c2cnn(CCNC(=O)Cc3ccc(-c4ccccc4)cc3)c2n1. The summed E-state index contributed by atoms with van der Waals surface area (Å²) in [6.45, 7) is 3.99. The van der Waals surface area contributed by atoms with E-state index in [-0.39, 0.29) is 5.91 Å². The quantitative estimate of drug-likeness (QED) is 0.301. The summed E-state index contributed by atoms with van der Waals surface area (Å²) in [7, 11) is 0. The molecule has 1 amide bonds. The van der Waals surface area contributed by atoms with Gasteiger partial charge in [-0.1, -0.05) is 66.4 Å². The van der Waals surface area contributed by atoms with E-state index in [4.69, 9.17) is 9.72 Å². The fraction of sp³-hybridized carbons (Fsp3) is 0.308. The van der Waals surface area contributed by atoms with Crippen LogP contribution in [-0.2, 0) is 22.5 Å². The van der Waals surface area contributed by atoms with Gasteiger partial charge < -0.3 is 15.0 Å². The molecule has 8 nitrogen and oxygen atoms in total. The summed E-state index contributed by atoms with van der Waals surface area (Å²) >= 11 is 1.51. The molecule has 0 radical (unpaired) electrons. The second-order valence-electron chi connectivity index (χ2n) is 8.33. The first-order valence-electron chi connectivity index (χ1n) is 11.7. The number of thioether (sulfide) groups is 1. The Bertz CT molecular complexity index is 1290. The molecule has 0 spiro atoms. The van der Waals surface area contributed by atoms with Crippen molar-refractivity contribution in [2.45, 2.75) is 18.1 Å². The number of nitrogens with zero attached hydrogens (tertiary/aromatic N) is 5. The second-order valence-corrected chi connectivity index (χ2v) is 9.10. The Morgan fingerprint density at radius 3 is 2.51 bits per heavy atom. The average molecular weight is 489 g/mol. The summed E-state index contributed by atoms with van der Waals surface area (Å²) in [6.07, 6.45) is 4.13. The van der Waals surface area contributed by atoms with Gasteiger partial charge in [-0.25, -0.2) is 14.6 Å². The van der Waals surface area contributed by atoms with Crippen molar-refractivity contribution in [1.82, 2.24) is 25.1 Å². The van der Waals surface area contributed by atoms with Gasteiger partial charge >= 0.3 is 0 Å². The smallest absolute Gasteiger partial charge is 0.224 e. The number of ether oxygens (including phenoxy) is 1. The largest absolute Gasteiger partial charge is 0.378 e. The maximum Gasteiger partial charge on any atom is 0.224 e. The summed E-state index contributed by atoms with van der Waals surface area (Å²) in [4.78, 5) is 24.2. The zero-order chi connectivity index (χ0) is 24.0. The number of amides is 1. The Hall–Kier alpha value is -3.43. The molecule has 3 heterocycles. The highest BCUT2D eigenvalue weighted by molar-refractivity contribution is 7.98. The van der Waals surface area contributed by atoms with E-state index in [1.165, 1.54) is 17.3 Å². The van der Waals surface area contributed by atoms with Gasteiger partial charge in [0.25, 0.3) is 0 Å². The molecule has 2 aromatic heterocycles. The minimum absolute atomic E-state index is 0.0117. The molecule has 1 fully saturated rings. The normalized spacial score (nSPS) is 13.8. The topological polar surface area (TPSA) is 85.2 Å². The highest BCUT2D eigenvalue weighted by atomic mass is 32.2. The highest BCUT2D eigenvalue weighted by Crippen LogP contribution is 2.27. The van der Waals surface area contributed by atoms with Crippen molar-refractivity contribution in [3.8, 4) is 11.1 Å². The van der Waals surface area contributed by atoms with Crippen LogP contribution < -0.4 is 10.2 Å². The molecule has 180 valence electrons. The van der Waals surface area contributed by atoms with E-state index in [1.807, 2.05) is 47.5 Å². The van der Waals surface area contributed by atoms with Crippen LogP contribution in [0.15, 0.2) is 66.0 Å². The Labute approximate surface area is 208 Å². The van der Waals surface area contributed by atoms with E-state index < -0.39 is 0 Å². The molecule has 1 N–H and O–H groups in total. The van der Waals surface area contributed by atoms with Gasteiger partial charge in [-0.3, -0.25) is 4.79 Å². The van der Waals surface area contributed by atoms with E-state index in [0.29, 0.717) is 37.9 Å². The predicted octanol–water partition coefficient (Wildman–Crippen LogP) is 3.41. The number of aromatic nitrogens is 4. The molecule has 0 saturated carbocycles. The van der Waals surface area contributed by atoms with Gasteiger partial charge in [0.15, 0.2) is 10.8 Å². The Morgan fingerprint density at radius 2 is 1.77 bits per heavy atom. The van der Waals surface area contributed by atoms with E-state index in [9.17, 15) is 4.79 Å². The lowest BCUT2D eigenvalue weighted by Gasteiger charge is -2.28. The van der Waals surface area contributed by atoms with Crippen molar-refractivity contribution < 1.29 is 9.53 Å². The molecule has 1 aliphatic heterocycles. The average Bonchev–Trinajstić information content (AvgIpc) is 3.32. The van der Waals surface area contributed by atoms with Crippen LogP contribution in [0.4, 0.5) is 5.82 Å². The third kappa shape index (κ3) is 5.47. The van der Waals surface area contributed by atoms with Crippen molar-refractivity contribution in [2.75, 3.05) is 44.0 Å². The van der Waals surface area contributed by atoms with Gasteiger partial charge in [-0.15, -0.1) is 0 Å². The van der Waals surface area contributed by atoms with Crippen molar-refractivity contribution in [2.24, 2.45) is 0 Å². The van der Waals surface area contributed by atoms with Gasteiger partial charge in [-0.2, -0.15) is 5.10 Å². The summed E-state index contributed by atoms with van der Waals surface area (Å²) in [5.41, 5.74) is 4.08. The number of carbonyl (C=O) groups is 1. The van der Waals surface area contributed by atoms with Gasteiger partial charge in [0.1, 0.15) is 5.82 Å². The summed E-state index contributed by atoms with van der Waals surface area (Å²) in [6, 6.07) is 18.4. The molecular formula is C26H28N6O2S. The number of morpholine rings is 1. The Kier molecular flexibility index (Phi) is 7.25. The molecule has 35 heavy (non-hydrogen) atoms. The molecule has 9 heteroatoms.